The third kappa shape index (κ3) is 4.57. The number of anilines is 1. The minimum atomic E-state index is -3.78. The molecule has 0 bridgehead atoms. The molecule has 24 heavy (non-hydrogen) atoms. The van der Waals surface area contributed by atoms with Crippen LogP contribution in [0.3, 0.4) is 0 Å². The highest BCUT2D eigenvalue weighted by molar-refractivity contribution is 7.89. The number of nitrogens with two attached hydrogens (primary N) is 1. The fourth-order valence-corrected chi connectivity index (χ4v) is 3.06. The lowest BCUT2D eigenvalue weighted by Crippen LogP contribution is -2.34. The number of benzene rings is 1. The zero-order valence-corrected chi connectivity index (χ0v) is 14.2. The summed E-state index contributed by atoms with van der Waals surface area (Å²) >= 11 is 0. The molecule has 8 heteroatoms. The molecule has 1 aromatic rings. The number of carbonyl (C=O) groups is 1. The van der Waals surface area contributed by atoms with E-state index >= 15 is 0 Å². The van der Waals surface area contributed by atoms with Gasteiger partial charge in [0.05, 0.1) is 4.90 Å². The predicted molar refractivity (Wildman–Crippen MR) is 90.2 cm³/mol. The number of amides is 1. The molecule has 128 valence electrons. The van der Waals surface area contributed by atoms with Crippen LogP contribution in [0.4, 0.5) is 5.69 Å². The SMILES string of the molecule is CC1CCCCN1/C=C(/C#N)C(=O)Nc1ccc(S(N)(=O)=O)cc1. The second kappa shape index (κ2) is 7.47. The van der Waals surface area contributed by atoms with Crippen molar-refractivity contribution in [3.8, 4) is 6.07 Å². The molecule has 1 aromatic carbocycles. The van der Waals surface area contributed by atoms with Gasteiger partial charge in [-0.1, -0.05) is 0 Å². The van der Waals surface area contributed by atoms with Gasteiger partial charge >= 0.3 is 0 Å². The third-order valence-corrected chi connectivity index (χ3v) is 4.88. The van der Waals surface area contributed by atoms with Crippen LogP contribution in [0.2, 0.25) is 0 Å². The summed E-state index contributed by atoms with van der Waals surface area (Å²) in [7, 11) is -3.78. The first-order valence-corrected chi connectivity index (χ1v) is 9.18. The lowest BCUT2D eigenvalue weighted by Gasteiger charge is -2.32. The first kappa shape index (κ1) is 18.0. The summed E-state index contributed by atoms with van der Waals surface area (Å²) in [6.45, 7) is 2.89. The van der Waals surface area contributed by atoms with Crippen molar-refractivity contribution < 1.29 is 13.2 Å². The summed E-state index contributed by atoms with van der Waals surface area (Å²) in [6.07, 6.45) is 4.82. The van der Waals surface area contributed by atoms with E-state index in [0.29, 0.717) is 11.7 Å². The van der Waals surface area contributed by atoms with Gasteiger partial charge in [-0.3, -0.25) is 4.79 Å². The molecular formula is C16H20N4O3S. The lowest BCUT2D eigenvalue weighted by molar-refractivity contribution is -0.112. The Balaban J connectivity index is 2.11. The molecule has 1 unspecified atom stereocenters. The molecule has 0 radical (unpaired) electrons. The molecule has 1 aliphatic rings. The molecule has 1 amide bonds. The number of nitrogens with zero attached hydrogens (tertiary/aromatic N) is 2. The maximum Gasteiger partial charge on any atom is 0.267 e. The van der Waals surface area contributed by atoms with Gasteiger partial charge in [-0.05, 0) is 50.5 Å². The van der Waals surface area contributed by atoms with Crippen molar-refractivity contribution in [2.24, 2.45) is 5.14 Å². The fourth-order valence-electron chi connectivity index (χ4n) is 2.54. The molecule has 1 fully saturated rings. The van der Waals surface area contributed by atoms with Gasteiger partial charge in [0.15, 0.2) is 0 Å². The van der Waals surface area contributed by atoms with Crippen LogP contribution in [0.5, 0.6) is 0 Å². The number of hydrogen-bond acceptors (Lipinski definition) is 5. The van der Waals surface area contributed by atoms with E-state index in [1.807, 2.05) is 11.0 Å². The van der Waals surface area contributed by atoms with Crippen LogP contribution < -0.4 is 10.5 Å². The van der Waals surface area contributed by atoms with E-state index in [1.165, 1.54) is 24.3 Å². The summed E-state index contributed by atoms with van der Waals surface area (Å²) in [5, 5.41) is 16.8. The molecular weight excluding hydrogens is 328 g/mol. The molecule has 1 atom stereocenters. The number of carbonyl (C=O) groups excluding carboxylic acids is 1. The van der Waals surface area contributed by atoms with Crippen molar-refractivity contribution in [1.29, 1.82) is 5.26 Å². The Morgan fingerprint density at radius 3 is 2.58 bits per heavy atom. The maximum absolute atomic E-state index is 12.2. The van der Waals surface area contributed by atoms with Gasteiger partial charge in [-0.15, -0.1) is 0 Å². The smallest absolute Gasteiger partial charge is 0.267 e. The normalized spacial score (nSPS) is 18.8. The highest BCUT2D eigenvalue weighted by Gasteiger charge is 2.18. The summed E-state index contributed by atoms with van der Waals surface area (Å²) < 4.78 is 22.4. The zero-order chi connectivity index (χ0) is 17.7. The average molecular weight is 348 g/mol. The molecule has 7 nitrogen and oxygen atoms in total. The number of nitrogens with one attached hydrogen (secondary N) is 1. The molecule has 0 spiro atoms. The zero-order valence-electron chi connectivity index (χ0n) is 13.4. The maximum atomic E-state index is 12.2. The van der Waals surface area contributed by atoms with Crippen LogP contribution in [-0.4, -0.2) is 31.8 Å². The lowest BCUT2D eigenvalue weighted by atomic mass is 10.0. The quantitative estimate of drug-likeness (QED) is 0.632. The van der Waals surface area contributed by atoms with Crippen molar-refractivity contribution in [3.05, 3.63) is 36.0 Å². The minimum absolute atomic E-state index is 0.0132. The Kier molecular flexibility index (Phi) is 5.59. The van der Waals surface area contributed by atoms with Gasteiger partial charge in [-0.25, -0.2) is 13.6 Å². The Bertz CT molecular complexity index is 779. The first-order valence-electron chi connectivity index (χ1n) is 7.63. The second-order valence-corrected chi connectivity index (χ2v) is 7.32. The highest BCUT2D eigenvalue weighted by Crippen LogP contribution is 2.18. The van der Waals surface area contributed by atoms with E-state index in [4.69, 9.17) is 5.14 Å². The predicted octanol–water partition coefficient (Wildman–Crippen LogP) is 1.55. The largest absolute Gasteiger partial charge is 0.373 e. The van der Waals surface area contributed by atoms with Crippen LogP contribution >= 0.6 is 0 Å². The third-order valence-electron chi connectivity index (χ3n) is 3.96. The van der Waals surface area contributed by atoms with Crippen LogP contribution in [0.15, 0.2) is 40.9 Å². The minimum Gasteiger partial charge on any atom is -0.373 e. The number of hydrogen-bond donors (Lipinski definition) is 2. The highest BCUT2D eigenvalue weighted by atomic mass is 32.2. The Hall–Kier alpha value is -2.37. The van der Waals surface area contributed by atoms with E-state index in [-0.39, 0.29) is 10.5 Å². The fraction of sp³-hybridized carbons (Fsp3) is 0.375. The van der Waals surface area contributed by atoms with E-state index in [1.54, 1.807) is 6.20 Å². The van der Waals surface area contributed by atoms with Crippen molar-refractivity contribution in [2.45, 2.75) is 37.1 Å². The van der Waals surface area contributed by atoms with Crippen molar-refractivity contribution in [3.63, 3.8) is 0 Å². The second-order valence-electron chi connectivity index (χ2n) is 5.76. The van der Waals surface area contributed by atoms with Crippen molar-refractivity contribution >= 4 is 21.6 Å². The molecule has 0 aromatic heterocycles. The summed E-state index contributed by atoms with van der Waals surface area (Å²) in [5.41, 5.74) is 0.402. The number of piperidine rings is 1. The molecule has 3 N–H and O–H groups in total. The molecule has 1 saturated heterocycles. The van der Waals surface area contributed by atoms with Crippen molar-refractivity contribution in [1.82, 2.24) is 4.90 Å². The Morgan fingerprint density at radius 2 is 2.04 bits per heavy atom. The molecule has 1 aliphatic heterocycles. The Labute approximate surface area is 141 Å². The van der Waals surface area contributed by atoms with Gasteiger partial charge in [0, 0.05) is 24.5 Å². The number of nitriles is 1. The monoisotopic (exact) mass is 348 g/mol. The van der Waals surface area contributed by atoms with E-state index in [0.717, 1.165) is 25.8 Å². The van der Waals surface area contributed by atoms with Gasteiger partial charge in [0.1, 0.15) is 11.6 Å². The van der Waals surface area contributed by atoms with E-state index in [2.05, 4.69) is 12.2 Å². The molecule has 0 aliphatic carbocycles. The standard InChI is InChI=1S/C16H20N4O3S/c1-12-4-2-3-9-20(12)11-13(10-17)16(21)19-14-5-7-15(8-6-14)24(18,22)23/h5-8,11-12H,2-4,9H2,1H3,(H,19,21)(H2,18,22,23)/b13-11-. The summed E-state index contributed by atoms with van der Waals surface area (Å²) in [4.78, 5) is 14.2. The summed E-state index contributed by atoms with van der Waals surface area (Å²) in [5.74, 6) is -0.529. The summed E-state index contributed by atoms with van der Waals surface area (Å²) in [6, 6.07) is 7.66. The van der Waals surface area contributed by atoms with Crippen molar-refractivity contribution in [2.75, 3.05) is 11.9 Å². The van der Waals surface area contributed by atoms with Crippen LogP contribution in [-0.2, 0) is 14.8 Å². The Morgan fingerprint density at radius 1 is 1.38 bits per heavy atom. The van der Waals surface area contributed by atoms with Gasteiger partial charge in [-0.2, -0.15) is 5.26 Å². The van der Waals surface area contributed by atoms with Crippen LogP contribution in [0.25, 0.3) is 0 Å². The number of rotatable bonds is 4. The first-order chi connectivity index (χ1) is 11.3. The number of likely N-dealkylation sites (tertiary alicyclic amines) is 1. The van der Waals surface area contributed by atoms with E-state index < -0.39 is 15.9 Å². The number of primary sulfonamides is 1. The van der Waals surface area contributed by atoms with E-state index in [9.17, 15) is 18.5 Å². The average Bonchev–Trinajstić information content (AvgIpc) is 2.53. The van der Waals surface area contributed by atoms with Gasteiger partial charge < -0.3 is 10.2 Å². The van der Waals surface area contributed by atoms with Crippen LogP contribution in [0.1, 0.15) is 26.2 Å². The molecule has 1 heterocycles. The topological polar surface area (TPSA) is 116 Å². The van der Waals surface area contributed by atoms with Gasteiger partial charge in [0.2, 0.25) is 10.0 Å². The van der Waals surface area contributed by atoms with Gasteiger partial charge in [0.25, 0.3) is 5.91 Å². The van der Waals surface area contributed by atoms with Crippen LogP contribution in [0, 0.1) is 11.3 Å². The number of sulfonamides is 1. The molecule has 0 saturated carbocycles. The molecule has 2 rings (SSSR count).